The third kappa shape index (κ3) is 4.35. The van der Waals surface area contributed by atoms with Crippen LogP contribution in [0.25, 0.3) is 16.6 Å². The normalized spacial score (nSPS) is 14.7. The number of likely N-dealkylation sites (tertiary alicyclic amines) is 1. The lowest BCUT2D eigenvalue weighted by atomic mass is 10.0. The number of pyridine rings is 1. The molecule has 1 saturated heterocycles. The summed E-state index contributed by atoms with van der Waals surface area (Å²) in [6.45, 7) is 4.73. The van der Waals surface area contributed by atoms with Crippen LogP contribution in [0.15, 0.2) is 52.6 Å². The van der Waals surface area contributed by atoms with Crippen LogP contribution in [0.2, 0.25) is 0 Å². The lowest BCUT2D eigenvalue weighted by Crippen LogP contribution is -2.36. The first-order valence-electron chi connectivity index (χ1n) is 11.7. The number of aliphatic hydroxyl groups is 1. The molecule has 0 bridgehead atoms. The third-order valence-corrected chi connectivity index (χ3v) is 7.82. The standard InChI is InChI=1S/C26H24FN7OS/c1-17-22(15-31-34(17)21-5-7-32(8-6-21)9-10-35)19-11-24(25-20(13-29)14-30-33(25)16-19)36-26-18(12-28)3-2-4-23(26)27/h2-4,11,14-16,21,35H,5-10H2,1H3. The Morgan fingerprint density at radius 2 is 1.92 bits per heavy atom. The van der Waals surface area contributed by atoms with Crippen molar-refractivity contribution in [1.29, 1.82) is 10.5 Å². The van der Waals surface area contributed by atoms with Crippen molar-refractivity contribution >= 4 is 17.3 Å². The van der Waals surface area contributed by atoms with Crippen LogP contribution >= 0.6 is 11.8 Å². The zero-order chi connectivity index (χ0) is 25.2. The summed E-state index contributed by atoms with van der Waals surface area (Å²) in [6, 6.07) is 10.8. The van der Waals surface area contributed by atoms with Crippen LogP contribution in [-0.4, -0.2) is 55.6 Å². The number of aromatic nitrogens is 4. The number of aliphatic hydroxyl groups excluding tert-OH is 1. The zero-order valence-corrected chi connectivity index (χ0v) is 20.5. The highest BCUT2D eigenvalue weighted by atomic mass is 32.2. The SMILES string of the molecule is Cc1c(-c2cc(Sc3c(F)cccc3C#N)c3c(C#N)cnn3c2)cnn1C1CCN(CCO)CC1. The largest absolute Gasteiger partial charge is 0.395 e. The molecule has 0 radical (unpaired) electrons. The molecule has 1 aliphatic heterocycles. The minimum atomic E-state index is -0.489. The van der Waals surface area contributed by atoms with E-state index in [-0.39, 0.29) is 23.1 Å². The molecular weight excluding hydrogens is 477 g/mol. The Hall–Kier alpha value is -3.70. The molecule has 36 heavy (non-hydrogen) atoms. The number of piperidine rings is 1. The van der Waals surface area contributed by atoms with Gasteiger partial charge in [0.25, 0.3) is 0 Å². The molecule has 4 heterocycles. The Morgan fingerprint density at radius 3 is 2.64 bits per heavy atom. The van der Waals surface area contributed by atoms with E-state index >= 15 is 0 Å². The van der Waals surface area contributed by atoms with Gasteiger partial charge in [-0.3, -0.25) is 4.68 Å². The van der Waals surface area contributed by atoms with Gasteiger partial charge < -0.3 is 10.0 Å². The summed E-state index contributed by atoms with van der Waals surface area (Å²) in [4.78, 5) is 3.11. The van der Waals surface area contributed by atoms with E-state index in [4.69, 9.17) is 5.10 Å². The quantitative estimate of drug-likeness (QED) is 0.423. The number of benzene rings is 1. The molecule has 0 saturated carbocycles. The minimum absolute atomic E-state index is 0.169. The lowest BCUT2D eigenvalue weighted by molar-refractivity contribution is 0.145. The van der Waals surface area contributed by atoms with Crippen molar-refractivity contribution in [2.45, 2.75) is 35.6 Å². The molecule has 182 valence electrons. The molecule has 1 N–H and O–H groups in total. The van der Waals surface area contributed by atoms with Crippen LogP contribution in [0.1, 0.15) is 35.7 Å². The maximum Gasteiger partial charge on any atom is 0.138 e. The Kier molecular flexibility index (Phi) is 6.75. The topological polar surface area (TPSA) is 106 Å². The van der Waals surface area contributed by atoms with E-state index < -0.39 is 5.82 Å². The first-order valence-corrected chi connectivity index (χ1v) is 12.5. The van der Waals surface area contributed by atoms with Crippen molar-refractivity contribution in [3.8, 4) is 23.3 Å². The van der Waals surface area contributed by atoms with Crippen molar-refractivity contribution in [2.75, 3.05) is 26.2 Å². The molecule has 1 fully saturated rings. The minimum Gasteiger partial charge on any atom is -0.395 e. The molecule has 0 aliphatic carbocycles. The summed E-state index contributed by atoms with van der Waals surface area (Å²) in [6.07, 6.45) is 7.09. The van der Waals surface area contributed by atoms with Gasteiger partial charge in [-0.25, -0.2) is 8.91 Å². The average molecular weight is 502 g/mol. The highest BCUT2D eigenvalue weighted by Gasteiger charge is 2.24. The summed E-state index contributed by atoms with van der Waals surface area (Å²) in [5.74, 6) is -0.489. The number of nitrogens with zero attached hydrogens (tertiary/aromatic N) is 7. The van der Waals surface area contributed by atoms with Gasteiger partial charge >= 0.3 is 0 Å². The second-order valence-corrected chi connectivity index (χ2v) is 9.82. The highest BCUT2D eigenvalue weighted by Crippen LogP contribution is 2.39. The van der Waals surface area contributed by atoms with Crippen molar-refractivity contribution in [1.82, 2.24) is 24.3 Å². The van der Waals surface area contributed by atoms with Crippen LogP contribution in [0.5, 0.6) is 0 Å². The van der Waals surface area contributed by atoms with Gasteiger partial charge in [-0.05, 0) is 38.0 Å². The summed E-state index contributed by atoms with van der Waals surface area (Å²) in [7, 11) is 0. The van der Waals surface area contributed by atoms with Crippen molar-refractivity contribution in [3.05, 3.63) is 65.5 Å². The molecule has 4 aromatic rings. The van der Waals surface area contributed by atoms with E-state index in [0.29, 0.717) is 22.5 Å². The second-order valence-electron chi connectivity index (χ2n) is 8.77. The molecule has 0 spiro atoms. The van der Waals surface area contributed by atoms with E-state index in [1.807, 2.05) is 25.4 Å². The van der Waals surface area contributed by atoms with E-state index in [0.717, 1.165) is 54.5 Å². The number of rotatable bonds is 6. The molecule has 5 rings (SSSR count). The molecule has 1 aliphatic rings. The van der Waals surface area contributed by atoms with Crippen LogP contribution < -0.4 is 0 Å². The molecule has 3 aromatic heterocycles. The van der Waals surface area contributed by atoms with E-state index in [2.05, 4.69) is 26.8 Å². The smallest absolute Gasteiger partial charge is 0.138 e. The lowest BCUT2D eigenvalue weighted by Gasteiger charge is -2.32. The number of hydrogen-bond acceptors (Lipinski definition) is 7. The Balaban J connectivity index is 1.55. The van der Waals surface area contributed by atoms with Gasteiger partial charge in [0.1, 0.15) is 18.0 Å². The van der Waals surface area contributed by atoms with Gasteiger partial charge in [0.15, 0.2) is 0 Å². The Morgan fingerprint density at radius 1 is 1.14 bits per heavy atom. The summed E-state index contributed by atoms with van der Waals surface area (Å²) >= 11 is 1.12. The Labute approximate surface area is 212 Å². The monoisotopic (exact) mass is 501 g/mol. The summed E-state index contributed by atoms with van der Waals surface area (Å²) in [5, 5.41) is 37.4. The number of halogens is 1. The van der Waals surface area contributed by atoms with Crippen molar-refractivity contribution < 1.29 is 9.50 Å². The van der Waals surface area contributed by atoms with Gasteiger partial charge in [-0.2, -0.15) is 20.7 Å². The molecule has 1 aromatic carbocycles. The molecule has 10 heteroatoms. The zero-order valence-electron chi connectivity index (χ0n) is 19.7. The molecule has 0 atom stereocenters. The van der Waals surface area contributed by atoms with Crippen molar-refractivity contribution in [2.24, 2.45) is 0 Å². The first-order chi connectivity index (χ1) is 17.5. The third-order valence-electron chi connectivity index (χ3n) is 6.67. The van der Waals surface area contributed by atoms with Gasteiger partial charge in [0.05, 0.1) is 46.6 Å². The van der Waals surface area contributed by atoms with E-state index in [9.17, 15) is 20.0 Å². The fourth-order valence-electron chi connectivity index (χ4n) is 4.81. The fourth-order valence-corrected chi connectivity index (χ4v) is 5.90. The van der Waals surface area contributed by atoms with Gasteiger partial charge in [0.2, 0.25) is 0 Å². The Bertz CT molecular complexity index is 1510. The van der Waals surface area contributed by atoms with Gasteiger partial charge in [-0.15, -0.1) is 0 Å². The van der Waals surface area contributed by atoms with Crippen LogP contribution in [0.3, 0.4) is 0 Å². The predicted molar refractivity (Wildman–Crippen MR) is 133 cm³/mol. The second kappa shape index (κ2) is 10.1. The van der Waals surface area contributed by atoms with E-state index in [1.54, 1.807) is 10.6 Å². The van der Waals surface area contributed by atoms with Crippen LogP contribution in [0.4, 0.5) is 4.39 Å². The number of nitriles is 2. The summed E-state index contributed by atoms with van der Waals surface area (Å²) < 4.78 is 18.4. The molecule has 8 nitrogen and oxygen atoms in total. The predicted octanol–water partition coefficient (Wildman–Crippen LogP) is 4.17. The fraction of sp³-hybridized carbons (Fsp3) is 0.308. The van der Waals surface area contributed by atoms with Gasteiger partial charge in [0, 0.05) is 47.5 Å². The van der Waals surface area contributed by atoms with Gasteiger partial charge in [-0.1, -0.05) is 17.8 Å². The number of β-amino-alcohol motifs (C(OH)–C–C–N with tert-alkyl or cyclic N) is 1. The molecule has 0 unspecified atom stereocenters. The highest BCUT2D eigenvalue weighted by molar-refractivity contribution is 7.99. The average Bonchev–Trinajstić information content (AvgIpc) is 3.49. The van der Waals surface area contributed by atoms with Crippen molar-refractivity contribution in [3.63, 3.8) is 0 Å². The number of hydrogen-bond donors (Lipinski definition) is 1. The van der Waals surface area contributed by atoms with Crippen LogP contribution in [-0.2, 0) is 0 Å². The first kappa shape index (κ1) is 24.0. The molecule has 0 amide bonds. The molecular formula is C26H24FN7OS. The van der Waals surface area contributed by atoms with Crippen LogP contribution in [0, 0.1) is 35.4 Å². The number of fused-ring (bicyclic) bond motifs is 1. The maximum atomic E-state index is 14.7. The van der Waals surface area contributed by atoms with E-state index in [1.165, 1.54) is 18.3 Å². The summed E-state index contributed by atoms with van der Waals surface area (Å²) in [5.41, 5.74) is 3.97. The maximum absolute atomic E-state index is 14.7.